The van der Waals surface area contributed by atoms with Crippen LogP contribution in [0.1, 0.15) is 42.1 Å². The molecular formula is C23H31N3O4S. The fourth-order valence-corrected chi connectivity index (χ4v) is 5.29. The van der Waals surface area contributed by atoms with E-state index in [0.717, 1.165) is 38.0 Å². The Labute approximate surface area is 184 Å². The molecule has 168 valence electrons. The van der Waals surface area contributed by atoms with Gasteiger partial charge in [0.2, 0.25) is 10.0 Å². The van der Waals surface area contributed by atoms with E-state index < -0.39 is 10.0 Å². The molecule has 1 aromatic heterocycles. The second-order valence-corrected chi connectivity index (χ2v) is 10.7. The number of H-pyrrole nitrogens is 1. The molecule has 2 aromatic rings. The van der Waals surface area contributed by atoms with Crippen LogP contribution in [0.25, 0.3) is 0 Å². The number of fused-ring (bicyclic) bond motifs is 1. The van der Waals surface area contributed by atoms with Crippen molar-refractivity contribution in [2.24, 2.45) is 5.92 Å². The van der Waals surface area contributed by atoms with Crippen LogP contribution in [-0.2, 0) is 36.1 Å². The van der Waals surface area contributed by atoms with Gasteiger partial charge in [-0.1, -0.05) is 25.1 Å². The Bertz CT molecular complexity index is 1090. The number of aryl methyl sites for hydroxylation is 1. The summed E-state index contributed by atoms with van der Waals surface area (Å²) in [6, 6.07) is 10.4. The highest BCUT2D eigenvalue weighted by Gasteiger charge is 2.25. The lowest BCUT2D eigenvalue weighted by Crippen LogP contribution is -2.39. The summed E-state index contributed by atoms with van der Waals surface area (Å²) in [6.07, 6.45) is 3.78. The van der Waals surface area contributed by atoms with Gasteiger partial charge in [-0.3, -0.25) is 9.69 Å². The minimum atomic E-state index is -3.13. The van der Waals surface area contributed by atoms with Gasteiger partial charge in [0.15, 0.2) is 5.75 Å². The summed E-state index contributed by atoms with van der Waals surface area (Å²) in [4.78, 5) is 17.8. The van der Waals surface area contributed by atoms with Crippen LogP contribution in [0, 0.1) is 5.92 Å². The molecule has 0 saturated carbocycles. The number of sulfonamides is 1. The third-order valence-electron chi connectivity index (χ3n) is 6.31. The second kappa shape index (κ2) is 9.14. The molecule has 0 bridgehead atoms. The van der Waals surface area contributed by atoms with Crippen LogP contribution < -0.4 is 10.3 Å². The Morgan fingerprint density at radius 1 is 1.10 bits per heavy atom. The summed E-state index contributed by atoms with van der Waals surface area (Å²) in [7, 11) is -3.13. The maximum atomic E-state index is 12.5. The maximum Gasteiger partial charge on any atom is 0.290 e. The number of pyridine rings is 1. The topological polar surface area (TPSA) is 82.7 Å². The number of benzene rings is 1. The minimum Gasteiger partial charge on any atom is -0.488 e. The molecule has 1 N–H and O–H groups in total. The molecule has 0 atom stereocenters. The van der Waals surface area contributed by atoms with E-state index in [4.69, 9.17) is 4.74 Å². The molecule has 0 radical (unpaired) electrons. The number of nitrogens with one attached hydrogen (secondary N) is 1. The quantitative estimate of drug-likeness (QED) is 0.708. The van der Waals surface area contributed by atoms with Crippen LogP contribution in [0.4, 0.5) is 0 Å². The van der Waals surface area contributed by atoms with Gasteiger partial charge in [-0.05, 0) is 54.0 Å². The van der Waals surface area contributed by atoms with Crippen molar-refractivity contribution in [1.82, 2.24) is 14.2 Å². The number of ether oxygens (including phenoxy) is 1. The zero-order valence-electron chi connectivity index (χ0n) is 18.3. The Balaban J connectivity index is 1.29. The molecule has 2 aliphatic rings. The summed E-state index contributed by atoms with van der Waals surface area (Å²) in [6.45, 7) is 6.11. The molecule has 31 heavy (non-hydrogen) atoms. The number of nitrogens with zero attached hydrogens (tertiary/aromatic N) is 2. The fraction of sp³-hybridized carbons (Fsp3) is 0.522. The Morgan fingerprint density at radius 2 is 1.84 bits per heavy atom. The average Bonchev–Trinajstić information content (AvgIpc) is 3.14. The third-order valence-corrected chi connectivity index (χ3v) is 7.61. The molecule has 7 nitrogen and oxygen atoms in total. The monoisotopic (exact) mass is 445 g/mol. The highest BCUT2D eigenvalue weighted by atomic mass is 32.2. The molecular weight excluding hydrogens is 414 g/mol. The first-order chi connectivity index (χ1) is 14.8. The van der Waals surface area contributed by atoms with Gasteiger partial charge in [0.25, 0.3) is 5.56 Å². The highest BCUT2D eigenvalue weighted by molar-refractivity contribution is 7.88. The number of aromatic nitrogens is 1. The smallest absolute Gasteiger partial charge is 0.290 e. The second-order valence-electron chi connectivity index (χ2n) is 8.70. The molecule has 1 fully saturated rings. The SMILES string of the molecule is CCc1ccc2c(c1)CN(Cc1ccc(OCC3CCN(S(C)(=O)=O)CC3)c(=O)[nH]1)C2. The van der Waals surface area contributed by atoms with E-state index in [2.05, 4.69) is 35.0 Å². The van der Waals surface area contributed by atoms with Gasteiger partial charge in [-0.15, -0.1) is 0 Å². The van der Waals surface area contributed by atoms with Crippen molar-refractivity contribution in [2.45, 2.75) is 45.8 Å². The summed E-state index contributed by atoms with van der Waals surface area (Å²) in [5, 5.41) is 0. The van der Waals surface area contributed by atoms with E-state index in [9.17, 15) is 13.2 Å². The first-order valence-corrected chi connectivity index (χ1v) is 12.8. The molecule has 1 saturated heterocycles. The lowest BCUT2D eigenvalue weighted by Gasteiger charge is -2.29. The van der Waals surface area contributed by atoms with Crippen molar-refractivity contribution in [3.05, 3.63) is 63.1 Å². The van der Waals surface area contributed by atoms with Crippen molar-refractivity contribution in [2.75, 3.05) is 26.0 Å². The van der Waals surface area contributed by atoms with Crippen LogP contribution in [0.3, 0.4) is 0 Å². The van der Waals surface area contributed by atoms with E-state index in [1.165, 1.54) is 27.3 Å². The molecule has 2 aliphatic heterocycles. The van der Waals surface area contributed by atoms with E-state index >= 15 is 0 Å². The fourth-order valence-electron chi connectivity index (χ4n) is 4.41. The van der Waals surface area contributed by atoms with Gasteiger partial charge in [0.1, 0.15) is 0 Å². The van der Waals surface area contributed by atoms with E-state index in [1.807, 2.05) is 6.07 Å². The van der Waals surface area contributed by atoms with Gasteiger partial charge < -0.3 is 9.72 Å². The largest absolute Gasteiger partial charge is 0.488 e. The molecule has 1 aromatic carbocycles. The molecule has 8 heteroatoms. The summed E-state index contributed by atoms with van der Waals surface area (Å²) >= 11 is 0. The van der Waals surface area contributed by atoms with E-state index in [0.29, 0.717) is 32.0 Å². The van der Waals surface area contributed by atoms with Gasteiger partial charge in [-0.25, -0.2) is 12.7 Å². The number of rotatable bonds is 7. The number of hydrogen-bond donors (Lipinski definition) is 1. The lowest BCUT2D eigenvalue weighted by molar-refractivity contribution is 0.184. The first-order valence-electron chi connectivity index (χ1n) is 10.9. The molecule has 0 unspecified atom stereocenters. The molecule has 0 spiro atoms. The number of aromatic amines is 1. The van der Waals surface area contributed by atoms with Crippen molar-refractivity contribution < 1.29 is 13.2 Å². The molecule has 4 rings (SSSR count). The van der Waals surface area contributed by atoms with Gasteiger partial charge >= 0.3 is 0 Å². The predicted molar refractivity (Wildman–Crippen MR) is 120 cm³/mol. The van der Waals surface area contributed by atoms with Gasteiger partial charge in [0.05, 0.1) is 12.9 Å². The van der Waals surface area contributed by atoms with Crippen LogP contribution in [0.15, 0.2) is 35.1 Å². The predicted octanol–water partition coefficient (Wildman–Crippen LogP) is 2.50. The Hall–Kier alpha value is -2.16. The van der Waals surface area contributed by atoms with Gasteiger partial charge in [0, 0.05) is 38.4 Å². The van der Waals surface area contributed by atoms with Crippen LogP contribution >= 0.6 is 0 Å². The zero-order chi connectivity index (χ0) is 22.0. The first kappa shape index (κ1) is 22.0. The molecule has 0 aliphatic carbocycles. The lowest BCUT2D eigenvalue weighted by atomic mass is 9.99. The standard InChI is InChI=1S/C23H31N3O4S/c1-3-17-4-5-19-13-25(14-20(19)12-17)15-21-6-7-22(23(27)24-21)30-16-18-8-10-26(11-9-18)31(2,28)29/h4-7,12,18H,3,8-11,13-16H2,1-2H3,(H,24,27). The van der Waals surface area contributed by atoms with Crippen LogP contribution in [0.2, 0.25) is 0 Å². The van der Waals surface area contributed by atoms with Crippen molar-refractivity contribution in [3.8, 4) is 5.75 Å². The number of hydrogen-bond acceptors (Lipinski definition) is 5. The third kappa shape index (κ3) is 5.37. The summed E-state index contributed by atoms with van der Waals surface area (Å²) < 4.78 is 30.5. The van der Waals surface area contributed by atoms with Gasteiger partial charge in [-0.2, -0.15) is 0 Å². The van der Waals surface area contributed by atoms with E-state index in [1.54, 1.807) is 6.07 Å². The zero-order valence-corrected chi connectivity index (χ0v) is 19.1. The van der Waals surface area contributed by atoms with Crippen molar-refractivity contribution in [1.29, 1.82) is 0 Å². The minimum absolute atomic E-state index is 0.212. The van der Waals surface area contributed by atoms with E-state index in [-0.39, 0.29) is 11.5 Å². The maximum absolute atomic E-state index is 12.5. The summed E-state index contributed by atoms with van der Waals surface area (Å²) in [5.41, 5.74) is 4.76. The highest BCUT2D eigenvalue weighted by Crippen LogP contribution is 2.25. The molecule has 0 amide bonds. The average molecular weight is 446 g/mol. The molecule has 3 heterocycles. The van der Waals surface area contributed by atoms with Crippen LogP contribution in [0.5, 0.6) is 5.75 Å². The Morgan fingerprint density at radius 3 is 2.52 bits per heavy atom. The Kier molecular flexibility index (Phi) is 6.50. The van der Waals surface area contributed by atoms with Crippen LogP contribution in [-0.4, -0.2) is 48.6 Å². The number of piperidine rings is 1. The van der Waals surface area contributed by atoms with Crippen molar-refractivity contribution in [3.63, 3.8) is 0 Å². The summed E-state index contributed by atoms with van der Waals surface area (Å²) in [5.74, 6) is 0.583. The normalized spacial score (nSPS) is 18.3. The van der Waals surface area contributed by atoms with Crippen molar-refractivity contribution >= 4 is 10.0 Å².